The normalized spacial score (nSPS) is 11.7. The first-order chi connectivity index (χ1) is 44.6. The Hall–Kier alpha value is -11.8. The van der Waals surface area contributed by atoms with Gasteiger partial charge in [-0.25, -0.2) is 9.97 Å². The van der Waals surface area contributed by atoms with Crippen molar-refractivity contribution in [1.82, 2.24) is 28.2 Å². The average Bonchev–Trinajstić information content (AvgIpc) is 1.62. The molecule has 0 unspecified atom stereocenters. The fraction of sp³-hybridized carbons (Fsp3) is 0.0238. The van der Waals surface area contributed by atoms with Crippen LogP contribution >= 0.6 is 11.3 Å². The number of nitrogens with zero attached hydrogens (tertiary/aromatic N) is 6. The monoisotopic (exact) mass is 1200 g/mol. The number of benzene rings is 12. The number of hydrogen-bond donors (Lipinski definition) is 0. The van der Waals surface area contributed by atoms with Gasteiger partial charge in [0.05, 0.1) is 55.5 Å². The maximum absolute atomic E-state index is 6.34. The standard InChI is InChI=1S/C41H25N3O.C41H25N3S.2CH4/c2*1-5-15-35-28(10-1)29-11-2-6-16-36(29)43(35)27-21-23-40-33(25-27)32-24-26(20-22-39(32)45-40)34-14-9-19-41(42-34)44-37-17-7-3-12-30(37)31-13-4-8-18-38(31)44;;/h2*1-25H;2*1H4. The Morgan fingerprint density at radius 1 is 0.239 bits per heavy atom. The summed E-state index contributed by atoms with van der Waals surface area (Å²) in [5.74, 6) is 1.82. The Kier molecular flexibility index (Phi) is 12.7. The Bertz CT molecular complexity index is 5730. The molecule has 8 heteroatoms. The number of para-hydroxylation sites is 8. The van der Waals surface area contributed by atoms with E-state index in [9.17, 15) is 0 Å². The lowest BCUT2D eigenvalue weighted by Crippen LogP contribution is -1.98. The van der Waals surface area contributed by atoms with Crippen molar-refractivity contribution in [3.05, 3.63) is 303 Å². The minimum absolute atomic E-state index is 0. The van der Waals surface area contributed by atoms with Crippen LogP contribution in [0.1, 0.15) is 14.9 Å². The van der Waals surface area contributed by atoms with Crippen molar-refractivity contribution >= 4 is 141 Å². The van der Waals surface area contributed by atoms with Crippen LogP contribution < -0.4 is 0 Å². The Morgan fingerprint density at radius 2 is 0.533 bits per heavy atom. The van der Waals surface area contributed by atoms with E-state index in [1.54, 1.807) is 0 Å². The highest BCUT2D eigenvalue weighted by Gasteiger charge is 2.20. The lowest BCUT2D eigenvalue weighted by molar-refractivity contribution is 0.669. The molecule has 0 saturated carbocycles. The van der Waals surface area contributed by atoms with E-state index in [1.807, 2.05) is 11.3 Å². The van der Waals surface area contributed by atoms with Gasteiger partial charge in [0.15, 0.2) is 0 Å². The predicted molar refractivity (Wildman–Crippen MR) is 390 cm³/mol. The molecular formula is C84H58N6OS. The lowest BCUT2D eigenvalue weighted by Gasteiger charge is -2.10. The molecule has 7 nitrogen and oxygen atoms in total. The van der Waals surface area contributed by atoms with Gasteiger partial charge in [-0.15, -0.1) is 11.3 Å². The molecule has 0 N–H and O–H groups in total. The molecule has 0 aliphatic heterocycles. The van der Waals surface area contributed by atoms with E-state index in [0.29, 0.717) is 0 Å². The summed E-state index contributed by atoms with van der Waals surface area (Å²) in [6.07, 6.45) is 0. The van der Waals surface area contributed by atoms with Gasteiger partial charge in [0, 0.05) is 96.5 Å². The second-order valence-electron chi connectivity index (χ2n) is 23.2. The number of thiophene rings is 1. The SMILES string of the molecule is C.C.c1cc(-c2ccc3oc4ccc(-n5c6ccccc6c6ccccc65)cc4c3c2)nc(-n2c3ccccc3c3ccccc32)c1.c1cc(-c2ccc3sc4ccc(-n5c6ccccc6c6ccccc65)cc4c3c2)nc(-n2c3ccccc3c3ccccc32)c1. The number of fused-ring (bicyclic) bond motifs is 18. The molecular weight excluding hydrogens is 1140 g/mol. The number of rotatable bonds is 6. The first-order valence-electron chi connectivity index (χ1n) is 30.5. The summed E-state index contributed by atoms with van der Waals surface area (Å²) >= 11 is 1.85. The molecule has 436 valence electrons. The first-order valence-corrected chi connectivity index (χ1v) is 31.3. The third-order valence-electron chi connectivity index (χ3n) is 18.3. The molecule has 20 aromatic rings. The van der Waals surface area contributed by atoms with Gasteiger partial charge in [0.1, 0.15) is 22.8 Å². The van der Waals surface area contributed by atoms with Crippen LogP contribution in [-0.4, -0.2) is 28.2 Å². The molecule has 0 bridgehead atoms. The minimum atomic E-state index is 0. The molecule has 0 radical (unpaired) electrons. The number of pyridine rings is 2. The molecule has 0 saturated heterocycles. The van der Waals surface area contributed by atoms with Crippen molar-refractivity contribution in [3.63, 3.8) is 0 Å². The smallest absolute Gasteiger partial charge is 0.138 e. The summed E-state index contributed by atoms with van der Waals surface area (Å²) in [5, 5.41) is 14.7. The summed E-state index contributed by atoms with van der Waals surface area (Å²) in [5.41, 5.74) is 17.6. The van der Waals surface area contributed by atoms with E-state index in [0.717, 1.165) is 72.8 Å². The van der Waals surface area contributed by atoms with Gasteiger partial charge in [0.2, 0.25) is 0 Å². The van der Waals surface area contributed by atoms with Crippen molar-refractivity contribution in [2.75, 3.05) is 0 Å². The van der Waals surface area contributed by atoms with Crippen molar-refractivity contribution in [1.29, 1.82) is 0 Å². The summed E-state index contributed by atoms with van der Waals surface area (Å²) < 4.78 is 18.2. The second kappa shape index (κ2) is 21.4. The van der Waals surface area contributed by atoms with Crippen molar-refractivity contribution in [2.45, 2.75) is 14.9 Å². The summed E-state index contributed by atoms with van der Waals surface area (Å²) in [7, 11) is 0. The highest BCUT2D eigenvalue weighted by Crippen LogP contribution is 2.42. The second-order valence-corrected chi connectivity index (χ2v) is 24.3. The van der Waals surface area contributed by atoms with Crippen LogP contribution in [0.4, 0.5) is 0 Å². The molecule has 8 aromatic heterocycles. The van der Waals surface area contributed by atoms with Crippen LogP contribution in [0.15, 0.2) is 308 Å². The first kappa shape index (κ1) is 54.3. The zero-order valence-corrected chi connectivity index (χ0v) is 49.2. The Balaban J connectivity index is 0.000000138. The zero-order valence-electron chi connectivity index (χ0n) is 48.4. The maximum atomic E-state index is 6.34. The largest absolute Gasteiger partial charge is 0.456 e. The molecule has 92 heavy (non-hydrogen) atoms. The van der Waals surface area contributed by atoms with Gasteiger partial charge in [-0.05, 0) is 140 Å². The molecule has 12 aromatic carbocycles. The average molecular weight is 1200 g/mol. The van der Waals surface area contributed by atoms with E-state index < -0.39 is 0 Å². The topological polar surface area (TPSA) is 58.6 Å². The van der Waals surface area contributed by atoms with E-state index in [2.05, 4.69) is 322 Å². The highest BCUT2D eigenvalue weighted by atomic mass is 32.1. The zero-order chi connectivity index (χ0) is 59.0. The lowest BCUT2D eigenvalue weighted by atomic mass is 10.1. The Morgan fingerprint density at radius 3 is 0.935 bits per heavy atom. The van der Waals surface area contributed by atoms with Gasteiger partial charge in [-0.3, -0.25) is 9.13 Å². The van der Waals surface area contributed by atoms with Crippen molar-refractivity contribution in [2.24, 2.45) is 0 Å². The fourth-order valence-electron chi connectivity index (χ4n) is 14.3. The van der Waals surface area contributed by atoms with Crippen LogP contribution in [-0.2, 0) is 0 Å². The van der Waals surface area contributed by atoms with E-state index >= 15 is 0 Å². The fourth-order valence-corrected chi connectivity index (χ4v) is 15.4. The van der Waals surface area contributed by atoms with E-state index in [-0.39, 0.29) is 14.9 Å². The third kappa shape index (κ3) is 8.34. The number of hydrogen-bond acceptors (Lipinski definition) is 4. The predicted octanol–water partition coefficient (Wildman–Crippen LogP) is 23.4. The Labute approximate surface area is 533 Å². The van der Waals surface area contributed by atoms with Crippen LogP contribution in [0.25, 0.3) is 175 Å². The molecule has 0 aliphatic carbocycles. The molecule has 0 aliphatic rings. The molecule has 0 amide bonds. The van der Waals surface area contributed by atoms with E-state index in [1.165, 1.54) is 102 Å². The summed E-state index contributed by atoms with van der Waals surface area (Å²) in [6, 6.07) is 108. The molecule has 0 fully saturated rings. The van der Waals surface area contributed by atoms with Crippen LogP contribution in [0.5, 0.6) is 0 Å². The van der Waals surface area contributed by atoms with Crippen molar-refractivity contribution < 1.29 is 4.42 Å². The van der Waals surface area contributed by atoms with E-state index in [4.69, 9.17) is 14.4 Å². The van der Waals surface area contributed by atoms with Gasteiger partial charge >= 0.3 is 0 Å². The number of aromatic nitrogens is 6. The van der Waals surface area contributed by atoms with Gasteiger partial charge in [-0.2, -0.15) is 0 Å². The third-order valence-corrected chi connectivity index (χ3v) is 19.4. The summed E-state index contributed by atoms with van der Waals surface area (Å²) in [6.45, 7) is 0. The van der Waals surface area contributed by atoms with Crippen molar-refractivity contribution in [3.8, 4) is 45.5 Å². The van der Waals surface area contributed by atoms with Gasteiger partial charge in [0.25, 0.3) is 0 Å². The molecule has 20 rings (SSSR count). The minimum Gasteiger partial charge on any atom is -0.456 e. The number of furan rings is 1. The van der Waals surface area contributed by atoms with Crippen LogP contribution in [0.2, 0.25) is 0 Å². The van der Waals surface area contributed by atoms with Gasteiger partial charge < -0.3 is 13.6 Å². The van der Waals surface area contributed by atoms with Crippen LogP contribution in [0.3, 0.4) is 0 Å². The summed E-state index contributed by atoms with van der Waals surface area (Å²) in [4.78, 5) is 10.5. The van der Waals surface area contributed by atoms with Crippen LogP contribution in [0, 0.1) is 0 Å². The van der Waals surface area contributed by atoms with Gasteiger partial charge in [-0.1, -0.05) is 179 Å². The highest BCUT2D eigenvalue weighted by molar-refractivity contribution is 7.25. The quantitative estimate of drug-likeness (QED) is 0.167. The maximum Gasteiger partial charge on any atom is 0.138 e. The molecule has 0 spiro atoms. The molecule has 8 heterocycles. The molecule has 0 atom stereocenters.